The maximum Gasteiger partial charge on any atom is 0.0563 e. The Morgan fingerprint density at radius 2 is 0.929 bits per heavy atom. The summed E-state index contributed by atoms with van der Waals surface area (Å²) in [6, 6.07) is 42.7. The quantitative estimate of drug-likeness (QED) is 0.157. The van der Waals surface area contributed by atoms with Gasteiger partial charge in [-0.15, -0.1) is 0 Å². The van der Waals surface area contributed by atoms with Crippen molar-refractivity contribution in [1.82, 2.24) is 0 Å². The largest absolute Gasteiger partial charge is 0.0836 e. The maximum atomic E-state index is 7.18. The predicted octanol–water partition coefficient (Wildman–Crippen LogP) is 13.6. The van der Waals surface area contributed by atoms with Crippen molar-refractivity contribution >= 4 is 109 Å². The summed E-state index contributed by atoms with van der Waals surface area (Å²) in [4.78, 5) is 0. The molecule has 0 aromatic heterocycles. The van der Waals surface area contributed by atoms with Crippen molar-refractivity contribution in [3.63, 3.8) is 0 Å². The van der Waals surface area contributed by atoms with E-state index >= 15 is 0 Å². The first-order chi connectivity index (χ1) is 20.5. The minimum absolute atomic E-state index is 0.726. The van der Waals surface area contributed by atoms with Crippen LogP contribution in [-0.4, -0.2) is 0 Å². The zero-order valence-corrected chi connectivity index (χ0v) is 26.7. The molecule has 0 saturated carbocycles. The summed E-state index contributed by atoms with van der Waals surface area (Å²) in [5, 5.41) is 12.7. The van der Waals surface area contributed by atoms with Gasteiger partial charge in [-0.25, -0.2) is 0 Å². The summed E-state index contributed by atoms with van der Waals surface area (Å²) >= 11 is 21.8. The van der Waals surface area contributed by atoms with E-state index in [0.717, 1.165) is 73.4 Å². The Morgan fingerprint density at radius 3 is 1.64 bits per heavy atom. The molecule has 0 nitrogen and oxygen atoms in total. The molecule has 8 rings (SSSR count). The smallest absolute Gasteiger partial charge is 0.0563 e. The Morgan fingerprint density at radius 1 is 0.405 bits per heavy atom. The molecule has 0 heterocycles. The molecule has 0 atom stereocenters. The minimum atomic E-state index is 0.726. The lowest BCUT2D eigenvalue weighted by Crippen LogP contribution is -1.88. The number of hydrogen-bond donors (Lipinski definition) is 0. The number of fused-ring (bicyclic) bond motifs is 7. The monoisotopic (exact) mass is 704 g/mol. The second-order valence-electron chi connectivity index (χ2n) is 10.6. The van der Waals surface area contributed by atoms with Crippen molar-refractivity contribution in [2.45, 2.75) is 0 Å². The van der Waals surface area contributed by atoms with Gasteiger partial charge in [-0.1, -0.05) is 152 Å². The molecule has 0 fully saturated rings. The van der Waals surface area contributed by atoms with E-state index in [1.807, 2.05) is 0 Å². The predicted molar refractivity (Wildman–Crippen MR) is 190 cm³/mol. The van der Waals surface area contributed by atoms with Crippen LogP contribution in [0.1, 0.15) is 0 Å². The van der Waals surface area contributed by atoms with Gasteiger partial charge in [0.05, 0.1) is 5.02 Å². The third-order valence-corrected chi connectivity index (χ3v) is 10.4. The van der Waals surface area contributed by atoms with E-state index < -0.39 is 0 Å². The average molecular weight is 707 g/mol. The fraction of sp³-hybridized carbons (Fsp3) is 0. The Kier molecular flexibility index (Phi) is 6.31. The zero-order chi connectivity index (χ0) is 28.5. The third-order valence-electron chi connectivity index (χ3n) is 8.32. The maximum absolute atomic E-state index is 7.18. The topological polar surface area (TPSA) is 0 Å². The summed E-state index contributed by atoms with van der Waals surface area (Å²) in [6.45, 7) is 0. The number of hydrogen-bond acceptors (Lipinski definition) is 0. The number of benzene rings is 8. The van der Waals surface area contributed by atoms with E-state index in [4.69, 9.17) is 23.2 Å². The van der Waals surface area contributed by atoms with Crippen LogP contribution in [0.25, 0.3) is 76.1 Å². The van der Waals surface area contributed by atoms with Gasteiger partial charge in [0.15, 0.2) is 0 Å². The minimum Gasteiger partial charge on any atom is -0.0836 e. The van der Waals surface area contributed by atoms with E-state index in [-0.39, 0.29) is 0 Å². The molecule has 0 unspecified atom stereocenters. The normalized spacial score (nSPS) is 11.8. The van der Waals surface area contributed by atoms with Gasteiger partial charge >= 0.3 is 0 Å². The second kappa shape index (κ2) is 10.1. The summed E-state index contributed by atoms with van der Waals surface area (Å²) < 4.78 is 2.14. The standard InChI is InChI=1S/C38H20Br2Cl2/c39-33-11-3-7-21-5-1-9-24(36(21)33)23-13-14-26-25-15-17-29-27(31(25)20-35(41)32(26)19-23)16-18-30(38(29)42)28-10-2-6-22-8-4-12-34(40)37(22)28/h1-20H. The Balaban J connectivity index is 1.34. The van der Waals surface area contributed by atoms with Gasteiger partial charge in [-0.2, -0.15) is 0 Å². The van der Waals surface area contributed by atoms with Crippen molar-refractivity contribution < 1.29 is 0 Å². The zero-order valence-electron chi connectivity index (χ0n) is 22.1. The fourth-order valence-corrected chi connectivity index (χ4v) is 8.18. The molecule has 0 aliphatic carbocycles. The van der Waals surface area contributed by atoms with E-state index in [1.54, 1.807) is 0 Å². The first-order valence-corrected chi connectivity index (χ1v) is 16.0. The van der Waals surface area contributed by atoms with E-state index in [1.165, 1.54) is 21.7 Å². The molecule has 200 valence electrons. The van der Waals surface area contributed by atoms with Gasteiger partial charge in [0.1, 0.15) is 0 Å². The van der Waals surface area contributed by atoms with Crippen molar-refractivity contribution in [2.75, 3.05) is 0 Å². The highest BCUT2D eigenvalue weighted by molar-refractivity contribution is 9.11. The van der Waals surface area contributed by atoms with Crippen LogP contribution in [0.5, 0.6) is 0 Å². The lowest BCUT2D eigenvalue weighted by molar-refractivity contribution is 1.66. The van der Waals surface area contributed by atoms with Gasteiger partial charge in [0.2, 0.25) is 0 Å². The number of halogens is 4. The summed E-state index contributed by atoms with van der Waals surface area (Å²) in [6.07, 6.45) is 0. The van der Waals surface area contributed by atoms with Crippen molar-refractivity contribution in [1.29, 1.82) is 0 Å². The first kappa shape index (κ1) is 26.2. The Bertz CT molecular complexity index is 2400. The number of rotatable bonds is 2. The Hall–Kier alpha value is -3.40. The van der Waals surface area contributed by atoms with Gasteiger partial charge in [-0.05, 0) is 73.3 Å². The van der Waals surface area contributed by atoms with Crippen LogP contribution >= 0.6 is 55.1 Å². The molecule has 0 aliphatic heterocycles. The molecule has 0 radical (unpaired) electrons. The molecule has 0 aliphatic rings. The van der Waals surface area contributed by atoms with Crippen LogP contribution in [0.3, 0.4) is 0 Å². The molecule has 0 amide bonds. The van der Waals surface area contributed by atoms with Crippen molar-refractivity contribution in [2.24, 2.45) is 0 Å². The molecular weight excluding hydrogens is 687 g/mol. The van der Waals surface area contributed by atoms with Gasteiger partial charge in [0.25, 0.3) is 0 Å². The summed E-state index contributed by atoms with van der Waals surface area (Å²) in [5.41, 5.74) is 4.43. The van der Waals surface area contributed by atoms with Gasteiger partial charge < -0.3 is 0 Å². The van der Waals surface area contributed by atoms with E-state index in [9.17, 15) is 0 Å². The third kappa shape index (κ3) is 4.01. The van der Waals surface area contributed by atoms with Crippen molar-refractivity contribution in [3.8, 4) is 22.3 Å². The van der Waals surface area contributed by atoms with Gasteiger partial charge in [-0.3, -0.25) is 0 Å². The molecule has 0 saturated heterocycles. The Labute approximate surface area is 269 Å². The highest BCUT2D eigenvalue weighted by Crippen LogP contribution is 2.44. The molecule has 0 bridgehead atoms. The highest BCUT2D eigenvalue weighted by atomic mass is 79.9. The second-order valence-corrected chi connectivity index (χ2v) is 13.1. The molecule has 4 heteroatoms. The van der Waals surface area contributed by atoms with Crippen LogP contribution in [0.2, 0.25) is 10.0 Å². The summed E-state index contributed by atoms with van der Waals surface area (Å²) in [7, 11) is 0. The fourth-order valence-electron chi connectivity index (χ4n) is 6.39. The first-order valence-electron chi connectivity index (χ1n) is 13.6. The molecular formula is C38H20Br2Cl2. The SMILES string of the molecule is Clc1cc2c3ccc(-c4cccc5cccc(Br)c45)c(Cl)c3ccc2c2ccc(-c3cccc4cccc(Br)c34)cc12. The van der Waals surface area contributed by atoms with E-state index in [2.05, 4.69) is 153 Å². The molecule has 0 spiro atoms. The van der Waals surface area contributed by atoms with Crippen LogP contribution in [0, 0.1) is 0 Å². The van der Waals surface area contributed by atoms with E-state index in [0.29, 0.717) is 0 Å². The molecule has 8 aromatic rings. The van der Waals surface area contributed by atoms with Crippen LogP contribution in [0.4, 0.5) is 0 Å². The van der Waals surface area contributed by atoms with Crippen LogP contribution < -0.4 is 0 Å². The summed E-state index contributed by atoms with van der Waals surface area (Å²) in [5.74, 6) is 0. The van der Waals surface area contributed by atoms with Crippen molar-refractivity contribution in [3.05, 3.63) is 140 Å². The van der Waals surface area contributed by atoms with Crippen LogP contribution in [0.15, 0.2) is 130 Å². The average Bonchev–Trinajstić information content (AvgIpc) is 3.01. The lowest BCUT2D eigenvalue weighted by Gasteiger charge is -2.15. The molecule has 42 heavy (non-hydrogen) atoms. The molecule has 8 aromatic carbocycles. The van der Waals surface area contributed by atoms with Gasteiger partial charge in [0, 0.05) is 41.1 Å². The highest BCUT2D eigenvalue weighted by Gasteiger charge is 2.16. The van der Waals surface area contributed by atoms with Crippen LogP contribution in [-0.2, 0) is 0 Å². The molecule has 0 N–H and O–H groups in total. The lowest BCUT2D eigenvalue weighted by atomic mass is 9.91.